The molecule has 2 saturated heterocycles. The normalized spacial score (nSPS) is 18.1. The van der Waals surface area contributed by atoms with Crippen molar-refractivity contribution in [2.24, 2.45) is 0 Å². The molecule has 210 valence electrons. The van der Waals surface area contributed by atoms with Crippen molar-refractivity contribution in [3.05, 3.63) is 17.8 Å². The number of likely N-dealkylation sites (N-methyl/N-ethyl adjacent to an activating group) is 1. The number of hydrogen-bond acceptors (Lipinski definition) is 7. The van der Waals surface area contributed by atoms with Crippen LogP contribution in [-0.4, -0.2) is 105 Å². The zero-order valence-electron chi connectivity index (χ0n) is 20.6. The van der Waals surface area contributed by atoms with E-state index in [0.717, 1.165) is 50.5 Å². The highest BCUT2D eigenvalue weighted by Gasteiger charge is 2.49. The lowest BCUT2D eigenvalue weighted by Gasteiger charge is -2.52. The van der Waals surface area contributed by atoms with Crippen molar-refractivity contribution >= 4 is 23.7 Å². The standard InChI is InChI=1S/C17H27N5O.2C2HF3O2/c1-13(2)22-12-11-20(4)17(16(22)23)7-9-21(10-8-17)15-6-5-14(3)18-19-15;2*3-2(4,5)1(6)7/h5-6,13H,7-12H2,1-4H3;2*(H,6,7). The smallest absolute Gasteiger partial charge is 0.475 e. The van der Waals surface area contributed by atoms with E-state index < -0.39 is 24.3 Å². The van der Waals surface area contributed by atoms with Crippen LogP contribution in [0, 0.1) is 6.92 Å². The summed E-state index contributed by atoms with van der Waals surface area (Å²) in [6, 6.07) is 4.28. The molecular weight excluding hydrogens is 516 g/mol. The summed E-state index contributed by atoms with van der Waals surface area (Å²) in [6.07, 6.45) is -8.47. The van der Waals surface area contributed by atoms with E-state index in [4.69, 9.17) is 19.8 Å². The maximum atomic E-state index is 13.1. The van der Waals surface area contributed by atoms with Crippen molar-refractivity contribution in [2.75, 3.05) is 38.1 Å². The van der Waals surface area contributed by atoms with Crippen molar-refractivity contribution in [3.8, 4) is 0 Å². The number of anilines is 1. The number of carbonyl (C=O) groups is 3. The van der Waals surface area contributed by atoms with Gasteiger partial charge in [-0.3, -0.25) is 9.69 Å². The molecule has 37 heavy (non-hydrogen) atoms. The number of halogens is 6. The maximum Gasteiger partial charge on any atom is 0.490 e. The number of amides is 1. The third kappa shape index (κ3) is 8.72. The zero-order chi connectivity index (χ0) is 28.8. The fourth-order valence-corrected chi connectivity index (χ4v) is 3.76. The van der Waals surface area contributed by atoms with E-state index >= 15 is 0 Å². The molecule has 0 atom stereocenters. The number of hydrogen-bond donors (Lipinski definition) is 2. The summed E-state index contributed by atoms with van der Waals surface area (Å²) in [4.78, 5) is 37.4. The van der Waals surface area contributed by atoms with Crippen LogP contribution >= 0.6 is 0 Å². The molecule has 0 radical (unpaired) electrons. The molecule has 10 nitrogen and oxygen atoms in total. The number of alkyl halides is 6. The molecule has 0 bridgehead atoms. The van der Waals surface area contributed by atoms with Gasteiger partial charge >= 0.3 is 24.3 Å². The van der Waals surface area contributed by atoms with Crippen molar-refractivity contribution in [1.29, 1.82) is 0 Å². The molecule has 16 heteroatoms. The van der Waals surface area contributed by atoms with Gasteiger partial charge in [-0.2, -0.15) is 31.4 Å². The Morgan fingerprint density at radius 3 is 1.73 bits per heavy atom. The minimum Gasteiger partial charge on any atom is -0.475 e. The number of piperidine rings is 1. The second-order valence-corrected chi connectivity index (χ2v) is 8.67. The maximum absolute atomic E-state index is 13.1. The molecule has 2 N–H and O–H groups in total. The van der Waals surface area contributed by atoms with Crippen LogP contribution in [0.25, 0.3) is 0 Å². The van der Waals surface area contributed by atoms with Crippen LogP contribution in [0.1, 0.15) is 32.4 Å². The first kappa shape index (κ1) is 31.9. The Morgan fingerprint density at radius 1 is 0.919 bits per heavy atom. The zero-order valence-corrected chi connectivity index (χ0v) is 20.6. The van der Waals surface area contributed by atoms with Crippen molar-refractivity contribution < 1.29 is 50.9 Å². The molecule has 3 rings (SSSR count). The number of carbonyl (C=O) groups excluding carboxylic acids is 1. The van der Waals surface area contributed by atoms with Crippen LogP contribution in [-0.2, 0) is 14.4 Å². The first-order valence-corrected chi connectivity index (χ1v) is 11.0. The van der Waals surface area contributed by atoms with Crippen LogP contribution in [0.5, 0.6) is 0 Å². The summed E-state index contributed by atoms with van der Waals surface area (Å²) in [5.74, 6) is -4.30. The molecule has 2 aliphatic heterocycles. The summed E-state index contributed by atoms with van der Waals surface area (Å²) in [5.41, 5.74) is 0.592. The summed E-state index contributed by atoms with van der Waals surface area (Å²) in [5, 5.41) is 22.7. The first-order chi connectivity index (χ1) is 16.8. The van der Waals surface area contributed by atoms with E-state index in [2.05, 4.69) is 40.9 Å². The van der Waals surface area contributed by atoms with Crippen LogP contribution in [0.15, 0.2) is 12.1 Å². The molecule has 1 aromatic rings. The number of nitrogens with zero attached hydrogens (tertiary/aromatic N) is 5. The third-order valence-corrected chi connectivity index (χ3v) is 5.87. The Morgan fingerprint density at radius 2 is 1.38 bits per heavy atom. The minimum atomic E-state index is -5.08. The summed E-state index contributed by atoms with van der Waals surface area (Å²) in [6.45, 7) is 9.63. The van der Waals surface area contributed by atoms with Gasteiger partial charge in [0.1, 0.15) is 5.54 Å². The molecule has 2 aliphatic rings. The van der Waals surface area contributed by atoms with Gasteiger partial charge in [0.05, 0.1) is 5.69 Å². The molecule has 0 unspecified atom stereocenters. The number of aliphatic carboxylic acids is 2. The number of aromatic nitrogens is 2. The molecule has 0 aromatic carbocycles. The van der Waals surface area contributed by atoms with E-state index in [1.54, 1.807) is 0 Å². The number of aryl methyl sites for hydroxylation is 1. The summed E-state index contributed by atoms with van der Waals surface area (Å²) in [7, 11) is 2.09. The fourth-order valence-electron chi connectivity index (χ4n) is 3.76. The van der Waals surface area contributed by atoms with Gasteiger partial charge in [-0.25, -0.2) is 9.59 Å². The van der Waals surface area contributed by atoms with Crippen LogP contribution in [0.4, 0.5) is 32.2 Å². The number of rotatable bonds is 2. The van der Waals surface area contributed by atoms with Crippen molar-refractivity contribution in [2.45, 2.75) is 57.5 Å². The molecule has 0 aliphatic carbocycles. The number of carboxylic acids is 2. The topological polar surface area (TPSA) is 127 Å². The minimum absolute atomic E-state index is 0.272. The SMILES string of the molecule is Cc1ccc(N2CCC3(CC2)C(=O)N(C(C)C)CCN3C)nn1.O=C(O)C(F)(F)F.O=C(O)C(F)(F)F. The van der Waals surface area contributed by atoms with E-state index in [9.17, 15) is 31.1 Å². The monoisotopic (exact) mass is 545 g/mol. The molecule has 1 amide bonds. The number of piperazine rings is 1. The largest absolute Gasteiger partial charge is 0.490 e. The fraction of sp³-hybridized carbons (Fsp3) is 0.667. The van der Waals surface area contributed by atoms with Gasteiger partial charge in [-0.1, -0.05) is 0 Å². The van der Waals surface area contributed by atoms with Crippen LogP contribution in [0.2, 0.25) is 0 Å². The predicted molar refractivity (Wildman–Crippen MR) is 118 cm³/mol. The predicted octanol–water partition coefficient (Wildman–Crippen LogP) is 2.57. The van der Waals surface area contributed by atoms with Gasteiger partial charge < -0.3 is 20.0 Å². The Bertz CT molecular complexity index is 907. The molecule has 0 saturated carbocycles. The van der Waals surface area contributed by atoms with Crippen molar-refractivity contribution in [3.63, 3.8) is 0 Å². The Kier molecular flexibility index (Phi) is 10.7. The highest BCUT2D eigenvalue weighted by molar-refractivity contribution is 5.88. The average Bonchev–Trinajstić information content (AvgIpc) is 2.78. The van der Waals surface area contributed by atoms with Crippen LogP contribution in [0.3, 0.4) is 0 Å². The lowest BCUT2D eigenvalue weighted by Crippen LogP contribution is -2.68. The second kappa shape index (κ2) is 12.4. The first-order valence-electron chi connectivity index (χ1n) is 11.0. The molecule has 2 fully saturated rings. The molecular formula is C21H29F6N5O5. The summed E-state index contributed by atoms with van der Waals surface area (Å²) < 4.78 is 63.5. The van der Waals surface area contributed by atoms with E-state index in [1.807, 2.05) is 24.0 Å². The third-order valence-electron chi connectivity index (χ3n) is 5.87. The van der Waals surface area contributed by atoms with Gasteiger partial charge in [-0.05, 0) is 52.8 Å². The van der Waals surface area contributed by atoms with Crippen molar-refractivity contribution in [1.82, 2.24) is 20.0 Å². The average molecular weight is 545 g/mol. The molecule has 1 aromatic heterocycles. The lowest BCUT2D eigenvalue weighted by atomic mass is 9.82. The van der Waals surface area contributed by atoms with Gasteiger partial charge in [0.25, 0.3) is 0 Å². The lowest BCUT2D eigenvalue weighted by molar-refractivity contribution is -0.193. The Hall–Kier alpha value is -3.17. The van der Waals surface area contributed by atoms with E-state index in [0.29, 0.717) is 5.91 Å². The summed E-state index contributed by atoms with van der Waals surface area (Å²) >= 11 is 0. The molecule has 1 spiro atoms. The highest BCUT2D eigenvalue weighted by Crippen LogP contribution is 2.34. The van der Waals surface area contributed by atoms with Gasteiger partial charge in [0, 0.05) is 32.2 Å². The Labute approximate surface area is 208 Å². The Balaban J connectivity index is 0.000000404. The highest BCUT2D eigenvalue weighted by atomic mass is 19.4. The van der Waals surface area contributed by atoms with Crippen LogP contribution < -0.4 is 4.90 Å². The quantitative estimate of drug-likeness (QED) is 0.539. The van der Waals surface area contributed by atoms with E-state index in [1.165, 1.54) is 0 Å². The number of carboxylic acid groups (broad SMARTS) is 2. The molecule has 3 heterocycles. The second-order valence-electron chi connectivity index (χ2n) is 8.67. The van der Waals surface area contributed by atoms with E-state index in [-0.39, 0.29) is 11.6 Å². The van der Waals surface area contributed by atoms with Gasteiger partial charge in [-0.15, -0.1) is 5.10 Å². The van der Waals surface area contributed by atoms with Gasteiger partial charge in [0.2, 0.25) is 5.91 Å². The van der Waals surface area contributed by atoms with Gasteiger partial charge in [0.15, 0.2) is 5.82 Å².